The van der Waals surface area contributed by atoms with E-state index in [2.05, 4.69) is 0 Å². The number of carbonyl (C=O) groups is 1. The Bertz CT molecular complexity index is 1090. The summed E-state index contributed by atoms with van der Waals surface area (Å²) < 4.78 is 51.8. The number of aryl methyl sites for hydroxylation is 1. The molecule has 5 N–H and O–H groups in total. The summed E-state index contributed by atoms with van der Waals surface area (Å²) in [7, 11) is -3.53. The highest BCUT2D eigenvalue weighted by molar-refractivity contribution is 7.91. The van der Waals surface area contributed by atoms with E-state index < -0.39 is 51.3 Å². The molecule has 1 amide bonds. The zero-order valence-electron chi connectivity index (χ0n) is 20.9. The monoisotopic (exact) mass is 525 g/mol. The fraction of sp³-hybridized carbons (Fsp3) is 0.500. The first-order valence-electron chi connectivity index (χ1n) is 12.1. The third kappa shape index (κ3) is 9.57. The number of rotatable bonds is 14. The number of aliphatic hydroxyl groups excluding tert-OH is 1. The average molecular weight is 526 g/mol. The normalized spacial score (nSPS) is 14.3. The van der Waals surface area contributed by atoms with Gasteiger partial charge in [-0.2, -0.15) is 0 Å². The molecule has 0 unspecified atom stereocenters. The minimum atomic E-state index is -3.53. The number of carbonyl (C=O) groups excluding carboxylic acids is 1. The van der Waals surface area contributed by atoms with Gasteiger partial charge >= 0.3 is 0 Å². The molecule has 10 heteroatoms. The molecule has 0 saturated heterocycles. The summed E-state index contributed by atoms with van der Waals surface area (Å²) in [6.07, 6.45) is 0.681. The van der Waals surface area contributed by atoms with E-state index in [1.807, 2.05) is 38.1 Å². The Labute approximate surface area is 212 Å². The van der Waals surface area contributed by atoms with Crippen molar-refractivity contribution in [1.29, 1.82) is 0 Å². The lowest BCUT2D eigenvalue weighted by Gasteiger charge is -2.30. The molecule has 0 spiro atoms. The third-order valence-corrected chi connectivity index (χ3v) is 7.72. The second kappa shape index (κ2) is 13.8. The van der Waals surface area contributed by atoms with Crippen molar-refractivity contribution >= 4 is 15.7 Å². The van der Waals surface area contributed by atoms with E-state index in [0.29, 0.717) is 12.8 Å². The number of nitrogens with zero attached hydrogens (tertiary/aromatic N) is 1. The van der Waals surface area contributed by atoms with Crippen LogP contribution in [0.25, 0.3) is 0 Å². The first-order chi connectivity index (χ1) is 16.9. The second-order valence-electron chi connectivity index (χ2n) is 9.18. The van der Waals surface area contributed by atoms with Gasteiger partial charge in [-0.25, -0.2) is 17.2 Å². The molecule has 3 atom stereocenters. The summed E-state index contributed by atoms with van der Waals surface area (Å²) in [5.41, 5.74) is 14.2. The molecular weight excluding hydrogens is 488 g/mol. The minimum Gasteiger partial charge on any atom is -0.390 e. The topological polar surface area (TPSA) is 127 Å². The van der Waals surface area contributed by atoms with Gasteiger partial charge in [0.15, 0.2) is 9.84 Å². The lowest BCUT2D eigenvalue weighted by atomic mass is 10.0. The van der Waals surface area contributed by atoms with Crippen LogP contribution in [0.15, 0.2) is 42.5 Å². The van der Waals surface area contributed by atoms with Crippen molar-refractivity contribution < 1.29 is 27.1 Å². The van der Waals surface area contributed by atoms with Crippen LogP contribution in [-0.4, -0.2) is 60.6 Å². The highest BCUT2D eigenvalue weighted by Crippen LogP contribution is 2.15. The lowest BCUT2D eigenvalue weighted by molar-refractivity contribution is -0.134. The molecule has 0 bridgehead atoms. The number of nitrogens with two attached hydrogens (primary N) is 2. The summed E-state index contributed by atoms with van der Waals surface area (Å²) in [6, 6.07) is 8.31. The zero-order chi connectivity index (χ0) is 26.9. The fourth-order valence-electron chi connectivity index (χ4n) is 3.93. The first-order valence-corrected chi connectivity index (χ1v) is 14.0. The first kappa shape index (κ1) is 29.8. The van der Waals surface area contributed by atoms with Crippen LogP contribution in [0.3, 0.4) is 0 Å². The van der Waals surface area contributed by atoms with Crippen molar-refractivity contribution in [2.24, 2.45) is 11.5 Å². The molecule has 2 aromatic carbocycles. The summed E-state index contributed by atoms with van der Waals surface area (Å²) in [5, 5.41) is 10.8. The molecule has 0 aliphatic rings. The Hall–Kier alpha value is -2.40. The maximum absolute atomic E-state index is 13.5. The van der Waals surface area contributed by atoms with Crippen molar-refractivity contribution in [2.75, 3.05) is 18.1 Å². The molecule has 0 saturated carbocycles. The van der Waals surface area contributed by atoms with Gasteiger partial charge in [0, 0.05) is 25.2 Å². The average Bonchev–Trinajstić information content (AvgIpc) is 2.81. The van der Waals surface area contributed by atoms with Gasteiger partial charge in [-0.1, -0.05) is 44.5 Å². The van der Waals surface area contributed by atoms with Gasteiger partial charge in [-0.3, -0.25) is 4.79 Å². The summed E-state index contributed by atoms with van der Waals surface area (Å²) in [6.45, 7) is 3.73. The van der Waals surface area contributed by atoms with E-state index >= 15 is 0 Å². The standard InChI is InChI=1S/C26H37F2N3O4S/c1-3-5-9-36(34,35)17-24(30)26(33)31(15-19-8-6-7-18(4-2)10-19)16-25(32)23(29)13-20-11-21(27)14-22(28)12-20/h6-8,10-12,14,23-25,32H,3-5,9,13,15-17,29-30H2,1-2H3/t23-,24+,25+/m0/s1. The molecule has 0 heterocycles. The quantitative estimate of drug-likeness (QED) is 0.348. The molecule has 2 rings (SSSR count). The molecule has 0 aliphatic heterocycles. The van der Waals surface area contributed by atoms with Crippen LogP contribution in [0.2, 0.25) is 0 Å². The van der Waals surface area contributed by atoms with Gasteiger partial charge in [0.2, 0.25) is 5.91 Å². The van der Waals surface area contributed by atoms with E-state index in [4.69, 9.17) is 11.5 Å². The van der Waals surface area contributed by atoms with E-state index in [1.54, 1.807) is 0 Å². The molecule has 0 aromatic heterocycles. The number of amides is 1. The Morgan fingerprint density at radius 1 is 1.03 bits per heavy atom. The van der Waals surface area contributed by atoms with E-state index in [-0.39, 0.29) is 30.8 Å². The van der Waals surface area contributed by atoms with Gasteiger partial charge in [-0.05, 0) is 48.1 Å². The Balaban J connectivity index is 2.21. The van der Waals surface area contributed by atoms with Gasteiger partial charge in [0.05, 0.1) is 23.7 Å². The molecule has 0 radical (unpaired) electrons. The van der Waals surface area contributed by atoms with E-state index in [9.17, 15) is 27.1 Å². The molecule has 0 aliphatic carbocycles. The number of unbranched alkanes of at least 4 members (excludes halogenated alkanes) is 1. The number of hydrogen-bond acceptors (Lipinski definition) is 6. The largest absolute Gasteiger partial charge is 0.390 e. The number of sulfone groups is 1. The number of halogens is 2. The summed E-state index contributed by atoms with van der Waals surface area (Å²) in [4.78, 5) is 14.5. The predicted octanol–water partition coefficient (Wildman–Crippen LogP) is 2.33. The highest BCUT2D eigenvalue weighted by Gasteiger charge is 2.29. The van der Waals surface area contributed by atoms with Gasteiger partial charge in [0.25, 0.3) is 0 Å². The van der Waals surface area contributed by atoms with Crippen molar-refractivity contribution in [3.05, 3.63) is 70.8 Å². The summed E-state index contributed by atoms with van der Waals surface area (Å²) >= 11 is 0. The Morgan fingerprint density at radius 3 is 2.28 bits per heavy atom. The number of benzene rings is 2. The van der Waals surface area contributed by atoms with Gasteiger partial charge in [0.1, 0.15) is 11.6 Å². The Morgan fingerprint density at radius 2 is 1.67 bits per heavy atom. The SMILES string of the molecule is CCCCS(=O)(=O)C[C@@H](N)C(=O)N(Cc1cccc(CC)c1)C[C@@H](O)[C@@H](N)Cc1cc(F)cc(F)c1. The number of hydrogen-bond donors (Lipinski definition) is 3. The van der Waals surface area contributed by atoms with E-state index in [0.717, 1.165) is 35.7 Å². The predicted molar refractivity (Wildman–Crippen MR) is 137 cm³/mol. The maximum Gasteiger partial charge on any atom is 0.240 e. The van der Waals surface area contributed by atoms with Gasteiger partial charge < -0.3 is 21.5 Å². The van der Waals surface area contributed by atoms with Crippen molar-refractivity contribution in [3.8, 4) is 0 Å². The van der Waals surface area contributed by atoms with Crippen LogP contribution in [-0.2, 0) is 34.0 Å². The van der Waals surface area contributed by atoms with Gasteiger partial charge in [-0.15, -0.1) is 0 Å². The molecule has 36 heavy (non-hydrogen) atoms. The fourth-order valence-corrected chi connectivity index (χ4v) is 5.51. The molecule has 2 aromatic rings. The second-order valence-corrected chi connectivity index (χ2v) is 11.4. The van der Waals surface area contributed by atoms with Crippen LogP contribution in [0.1, 0.15) is 43.4 Å². The highest BCUT2D eigenvalue weighted by atomic mass is 32.2. The smallest absolute Gasteiger partial charge is 0.240 e. The van der Waals surface area contributed by atoms with E-state index in [1.165, 1.54) is 4.90 Å². The minimum absolute atomic E-state index is 0.0271. The number of aliphatic hydroxyl groups is 1. The summed E-state index contributed by atoms with van der Waals surface area (Å²) in [5.74, 6) is -2.69. The van der Waals surface area contributed by atoms with Crippen LogP contribution in [0.4, 0.5) is 8.78 Å². The third-order valence-electron chi connectivity index (χ3n) is 5.94. The van der Waals surface area contributed by atoms with Crippen LogP contribution < -0.4 is 11.5 Å². The maximum atomic E-state index is 13.5. The van der Waals surface area contributed by atoms with Crippen molar-refractivity contribution in [1.82, 2.24) is 4.90 Å². The molecule has 200 valence electrons. The van der Waals surface area contributed by atoms with Crippen LogP contribution in [0, 0.1) is 11.6 Å². The lowest BCUT2D eigenvalue weighted by Crippen LogP contribution is -2.52. The molecule has 7 nitrogen and oxygen atoms in total. The Kier molecular flexibility index (Phi) is 11.4. The van der Waals surface area contributed by atoms with Crippen molar-refractivity contribution in [2.45, 2.75) is 64.3 Å². The molecular formula is C26H37F2N3O4S. The zero-order valence-corrected chi connectivity index (χ0v) is 21.7. The van der Waals surface area contributed by atoms with Crippen molar-refractivity contribution in [3.63, 3.8) is 0 Å². The molecule has 0 fully saturated rings. The van der Waals surface area contributed by atoms with Crippen LogP contribution >= 0.6 is 0 Å². The van der Waals surface area contributed by atoms with Crippen LogP contribution in [0.5, 0.6) is 0 Å².